The molecule has 5 nitrogen and oxygen atoms in total. The van der Waals surface area contributed by atoms with Gasteiger partial charge in [-0.2, -0.15) is 0 Å². The molecule has 0 amide bonds. The second kappa shape index (κ2) is 6.81. The predicted molar refractivity (Wildman–Crippen MR) is 58.4 cm³/mol. The van der Waals surface area contributed by atoms with Crippen molar-refractivity contribution in [2.45, 2.75) is 6.04 Å². The third-order valence-corrected chi connectivity index (χ3v) is 1.85. The molecule has 16 heavy (non-hydrogen) atoms. The zero-order valence-corrected chi connectivity index (χ0v) is 8.83. The minimum absolute atomic E-state index is 0.00647. The fourth-order valence-corrected chi connectivity index (χ4v) is 1.02. The average molecular weight is 225 g/mol. The number of hydrogen-bond acceptors (Lipinski definition) is 4. The molecule has 0 aliphatic rings. The van der Waals surface area contributed by atoms with Crippen LogP contribution in [0, 0.1) is 0 Å². The van der Waals surface area contributed by atoms with Gasteiger partial charge in [-0.3, -0.25) is 4.79 Å². The summed E-state index contributed by atoms with van der Waals surface area (Å²) in [5, 5.41) is 8.48. The van der Waals surface area contributed by atoms with E-state index < -0.39 is 12.0 Å². The van der Waals surface area contributed by atoms with Crippen LogP contribution in [0.3, 0.4) is 0 Å². The molecule has 1 aromatic carbocycles. The molecule has 0 aliphatic carbocycles. The van der Waals surface area contributed by atoms with Crippen molar-refractivity contribution >= 4 is 5.97 Å². The van der Waals surface area contributed by atoms with E-state index in [4.69, 9.17) is 20.3 Å². The normalized spacial score (nSPS) is 12.1. The lowest BCUT2D eigenvalue weighted by atomic mass is 10.3. The summed E-state index contributed by atoms with van der Waals surface area (Å²) in [4.78, 5) is 10.3. The topological polar surface area (TPSA) is 81.8 Å². The maximum atomic E-state index is 10.3. The quantitative estimate of drug-likeness (QED) is 0.660. The van der Waals surface area contributed by atoms with Gasteiger partial charge in [0, 0.05) is 0 Å². The first-order chi connectivity index (χ1) is 7.70. The van der Waals surface area contributed by atoms with Gasteiger partial charge in [0.25, 0.3) is 0 Å². The largest absolute Gasteiger partial charge is 0.491 e. The first-order valence-corrected chi connectivity index (χ1v) is 4.94. The highest BCUT2D eigenvalue weighted by molar-refractivity contribution is 5.73. The molecule has 0 aliphatic heterocycles. The molecule has 1 aromatic rings. The minimum atomic E-state index is -1.07. The highest BCUT2D eigenvalue weighted by atomic mass is 16.5. The smallest absolute Gasteiger partial charge is 0.322 e. The van der Waals surface area contributed by atoms with Crippen LogP contribution in [0.15, 0.2) is 30.3 Å². The standard InChI is InChI=1S/C11H15NO4/c12-10(11(13)14)8-15-6-7-16-9-4-2-1-3-5-9/h1-5,10H,6-8,12H2,(H,13,14). The lowest BCUT2D eigenvalue weighted by Gasteiger charge is -2.08. The molecule has 0 radical (unpaired) electrons. The van der Waals surface area contributed by atoms with Gasteiger partial charge < -0.3 is 20.3 Å². The first-order valence-electron chi connectivity index (χ1n) is 4.94. The summed E-state index contributed by atoms with van der Waals surface area (Å²) in [6.07, 6.45) is 0. The molecule has 1 unspecified atom stereocenters. The van der Waals surface area contributed by atoms with Crippen LogP contribution in [-0.4, -0.2) is 36.9 Å². The van der Waals surface area contributed by atoms with E-state index in [-0.39, 0.29) is 6.61 Å². The number of nitrogens with two attached hydrogens (primary N) is 1. The van der Waals surface area contributed by atoms with Gasteiger partial charge >= 0.3 is 5.97 Å². The van der Waals surface area contributed by atoms with Crippen LogP contribution in [0.1, 0.15) is 0 Å². The number of carboxylic acid groups (broad SMARTS) is 1. The van der Waals surface area contributed by atoms with Crippen molar-refractivity contribution in [3.8, 4) is 5.75 Å². The Morgan fingerprint density at radius 3 is 2.62 bits per heavy atom. The molecular formula is C11H15NO4. The molecular weight excluding hydrogens is 210 g/mol. The van der Waals surface area contributed by atoms with E-state index in [1.807, 2.05) is 30.3 Å². The number of ether oxygens (including phenoxy) is 2. The lowest BCUT2D eigenvalue weighted by Crippen LogP contribution is -2.35. The Morgan fingerprint density at radius 1 is 1.31 bits per heavy atom. The van der Waals surface area contributed by atoms with E-state index in [2.05, 4.69) is 0 Å². The Kier molecular flexibility index (Phi) is 5.31. The van der Waals surface area contributed by atoms with Gasteiger partial charge in [-0.25, -0.2) is 0 Å². The number of para-hydroxylation sites is 1. The van der Waals surface area contributed by atoms with Crippen LogP contribution in [0.5, 0.6) is 5.75 Å². The van der Waals surface area contributed by atoms with Gasteiger partial charge in [-0.15, -0.1) is 0 Å². The molecule has 1 rings (SSSR count). The Balaban J connectivity index is 2.07. The minimum Gasteiger partial charge on any atom is -0.491 e. The fourth-order valence-electron chi connectivity index (χ4n) is 1.02. The van der Waals surface area contributed by atoms with Crippen molar-refractivity contribution in [2.24, 2.45) is 5.73 Å². The van der Waals surface area contributed by atoms with Gasteiger partial charge in [0.15, 0.2) is 0 Å². The highest BCUT2D eigenvalue weighted by Crippen LogP contribution is 2.07. The zero-order valence-electron chi connectivity index (χ0n) is 8.83. The van der Waals surface area contributed by atoms with Gasteiger partial charge in [0.2, 0.25) is 0 Å². The molecule has 0 saturated carbocycles. The summed E-state index contributed by atoms with van der Waals surface area (Å²) in [5.41, 5.74) is 5.24. The zero-order chi connectivity index (χ0) is 11.8. The molecule has 1 atom stereocenters. The SMILES string of the molecule is NC(COCCOc1ccccc1)C(=O)O. The van der Waals surface area contributed by atoms with Crippen molar-refractivity contribution < 1.29 is 19.4 Å². The van der Waals surface area contributed by atoms with E-state index in [1.165, 1.54) is 0 Å². The molecule has 0 heterocycles. The van der Waals surface area contributed by atoms with E-state index in [0.717, 1.165) is 5.75 Å². The highest BCUT2D eigenvalue weighted by Gasteiger charge is 2.10. The summed E-state index contributed by atoms with van der Waals surface area (Å²) in [6.45, 7) is 0.680. The maximum Gasteiger partial charge on any atom is 0.322 e. The van der Waals surface area contributed by atoms with E-state index in [0.29, 0.717) is 13.2 Å². The molecule has 0 bridgehead atoms. The number of rotatable bonds is 7. The van der Waals surface area contributed by atoms with Crippen LogP contribution in [0.2, 0.25) is 0 Å². The maximum absolute atomic E-state index is 10.3. The Morgan fingerprint density at radius 2 is 2.00 bits per heavy atom. The van der Waals surface area contributed by atoms with Crippen LogP contribution < -0.4 is 10.5 Å². The van der Waals surface area contributed by atoms with Gasteiger partial charge in [0.1, 0.15) is 18.4 Å². The summed E-state index contributed by atoms with van der Waals surface area (Å²) in [7, 11) is 0. The van der Waals surface area contributed by atoms with Crippen LogP contribution in [0.25, 0.3) is 0 Å². The Labute approximate surface area is 93.8 Å². The number of hydrogen-bond donors (Lipinski definition) is 2. The van der Waals surface area contributed by atoms with Crippen molar-refractivity contribution in [3.63, 3.8) is 0 Å². The van der Waals surface area contributed by atoms with Crippen molar-refractivity contribution in [1.82, 2.24) is 0 Å². The van der Waals surface area contributed by atoms with Crippen LogP contribution in [-0.2, 0) is 9.53 Å². The Hall–Kier alpha value is -1.59. The second-order valence-corrected chi connectivity index (χ2v) is 3.18. The lowest BCUT2D eigenvalue weighted by molar-refractivity contribution is -0.140. The van der Waals surface area contributed by atoms with Crippen molar-refractivity contribution in [3.05, 3.63) is 30.3 Å². The third-order valence-electron chi connectivity index (χ3n) is 1.85. The second-order valence-electron chi connectivity index (χ2n) is 3.18. The summed E-state index contributed by atoms with van der Waals surface area (Å²) < 4.78 is 10.4. The van der Waals surface area contributed by atoms with Gasteiger partial charge in [-0.1, -0.05) is 18.2 Å². The van der Waals surface area contributed by atoms with Gasteiger partial charge in [0.05, 0.1) is 13.2 Å². The number of benzene rings is 1. The van der Waals surface area contributed by atoms with E-state index in [9.17, 15) is 4.79 Å². The average Bonchev–Trinajstić information content (AvgIpc) is 2.29. The predicted octanol–water partition coefficient (Wildman–Crippen LogP) is 0.494. The van der Waals surface area contributed by atoms with Crippen LogP contribution in [0.4, 0.5) is 0 Å². The fraction of sp³-hybridized carbons (Fsp3) is 0.364. The van der Waals surface area contributed by atoms with Crippen molar-refractivity contribution in [1.29, 1.82) is 0 Å². The van der Waals surface area contributed by atoms with E-state index in [1.54, 1.807) is 0 Å². The molecule has 0 spiro atoms. The molecule has 0 aromatic heterocycles. The first kappa shape index (κ1) is 12.5. The number of carbonyl (C=O) groups is 1. The number of aliphatic carboxylic acids is 1. The van der Waals surface area contributed by atoms with Crippen molar-refractivity contribution in [2.75, 3.05) is 19.8 Å². The summed E-state index contributed by atoms with van der Waals surface area (Å²) in [5.74, 6) is -0.308. The molecule has 5 heteroatoms. The molecule has 0 saturated heterocycles. The third kappa shape index (κ3) is 4.77. The summed E-state index contributed by atoms with van der Waals surface area (Å²) >= 11 is 0. The van der Waals surface area contributed by atoms with E-state index >= 15 is 0 Å². The monoisotopic (exact) mass is 225 g/mol. The number of carboxylic acids is 1. The molecule has 0 fully saturated rings. The molecule has 3 N–H and O–H groups in total. The Bertz CT molecular complexity index is 315. The summed E-state index contributed by atoms with van der Waals surface area (Å²) in [6, 6.07) is 8.34. The van der Waals surface area contributed by atoms with Crippen LogP contribution >= 0.6 is 0 Å². The molecule has 88 valence electrons. The van der Waals surface area contributed by atoms with Gasteiger partial charge in [-0.05, 0) is 12.1 Å².